The number of carbonyl (C=O) groups is 2. The molecule has 9 nitrogen and oxygen atoms in total. The summed E-state index contributed by atoms with van der Waals surface area (Å²) >= 11 is 0. The summed E-state index contributed by atoms with van der Waals surface area (Å²) < 4.78 is 21.1. The average Bonchev–Trinajstić information content (AvgIpc) is 2.55. The third-order valence-corrected chi connectivity index (χ3v) is 3.16. The zero-order valence-corrected chi connectivity index (χ0v) is 18.3. The van der Waals surface area contributed by atoms with Gasteiger partial charge in [0.2, 0.25) is 5.96 Å². The first-order valence-electron chi connectivity index (χ1n) is 9.09. The fourth-order valence-corrected chi connectivity index (χ4v) is 2.15. The maximum Gasteiger partial charge on any atom is 0.414 e. The van der Waals surface area contributed by atoms with E-state index in [1.165, 1.54) is 14.2 Å². The quantitative estimate of drug-likeness (QED) is 0.581. The molecule has 162 valence electrons. The molecule has 0 bridgehead atoms. The van der Waals surface area contributed by atoms with E-state index < -0.39 is 23.4 Å². The van der Waals surface area contributed by atoms with E-state index in [0.29, 0.717) is 17.1 Å². The number of ether oxygens (including phenoxy) is 4. The molecule has 0 aliphatic rings. The lowest BCUT2D eigenvalue weighted by Crippen LogP contribution is -2.47. The Hall–Kier alpha value is -2.97. The molecule has 2 N–H and O–H groups in total. The van der Waals surface area contributed by atoms with Crippen molar-refractivity contribution in [3.8, 4) is 11.5 Å². The number of hydrogen-bond acceptors (Lipinski definition) is 7. The van der Waals surface area contributed by atoms with Crippen LogP contribution in [0, 0.1) is 0 Å². The van der Waals surface area contributed by atoms with Gasteiger partial charge in [0, 0.05) is 0 Å². The van der Waals surface area contributed by atoms with Crippen molar-refractivity contribution in [2.45, 2.75) is 59.3 Å². The Morgan fingerprint density at radius 1 is 0.862 bits per heavy atom. The molecule has 1 rings (SSSR count). The molecule has 0 radical (unpaired) electrons. The number of nitrogens with zero attached hydrogens (tertiary/aromatic N) is 1. The van der Waals surface area contributed by atoms with Gasteiger partial charge in [-0.25, -0.2) is 14.6 Å². The molecule has 0 heterocycles. The van der Waals surface area contributed by atoms with E-state index in [9.17, 15) is 9.59 Å². The Morgan fingerprint density at radius 2 is 1.28 bits per heavy atom. The molecular weight excluding hydrogens is 378 g/mol. The van der Waals surface area contributed by atoms with Crippen molar-refractivity contribution < 1.29 is 28.5 Å². The fourth-order valence-electron chi connectivity index (χ4n) is 2.15. The van der Waals surface area contributed by atoms with Crippen molar-refractivity contribution in [2.75, 3.05) is 14.2 Å². The number of alkyl carbamates (subject to hydrolysis) is 2. The van der Waals surface area contributed by atoms with E-state index in [2.05, 4.69) is 15.6 Å². The molecule has 0 aliphatic carbocycles. The van der Waals surface area contributed by atoms with Crippen LogP contribution in [0.5, 0.6) is 11.5 Å². The van der Waals surface area contributed by atoms with Crippen molar-refractivity contribution in [3.63, 3.8) is 0 Å². The van der Waals surface area contributed by atoms with E-state index in [1.807, 2.05) is 0 Å². The van der Waals surface area contributed by atoms with Crippen LogP contribution < -0.4 is 20.1 Å². The molecule has 0 fully saturated rings. The van der Waals surface area contributed by atoms with Crippen LogP contribution in [0.3, 0.4) is 0 Å². The van der Waals surface area contributed by atoms with Crippen LogP contribution in [0.25, 0.3) is 0 Å². The molecule has 2 amide bonds. The van der Waals surface area contributed by atoms with Gasteiger partial charge in [-0.2, -0.15) is 0 Å². The number of hydrogen-bond donors (Lipinski definition) is 2. The number of rotatable bonds is 4. The molecule has 0 atom stereocenters. The van der Waals surface area contributed by atoms with Gasteiger partial charge in [-0.15, -0.1) is 0 Å². The summed E-state index contributed by atoms with van der Waals surface area (Å²) in [7, 11) is 3.06. The highest BCUT2D eigenvalue weighted by molar-refractivity contribution is 6.01. The second-order valence-corrected chi connectivity index (χ2v) is 8.06. The number of aliphatic imine (C=N–C) groups is 1. The molecule has 9 heteroatoms. The Bertz CT molecular complexity index is 693. The van der Waals surface area contributed by atoms with E-state index >= 15 is 0 Å². The summed E-state index contributed by atoms with van der Waals surface area (Å²) in [6.07, 6.45) is -1.53. The Morgan fingerprint density at radius 3 is 1.62 bits per heavy atom. The van der Waals surface area contributed by atoms with Crippen molar-refractivity contribution >= 4 is 18.1 Å². The summed E-state index contributed by atoms with van der Waals surface area (Å²) in [6, 6.07) is 5.30. The van der Waals surface area contributed by atoms with Gasteiger partial charge in [-0.3, -0.25) is 10.6 Å². The lowest BCUT2D eigenvalue weighted by molar-refractivity contribution is 0.0545. The first kappa shape index (κ1) is 24.1. The molecule has 0 unspecified atom stereocenters. The van der Waals surface area contributed by atoms with E-state index in [0.717, 1.165) is 0 Å². The van der Waals surface area contributed by atoms with E-state index in [4.69, 9.17) is 18.9 Å². The maximum absolute atomic E-state index is 12.1. The van der Waals surface area contributed by atoms with E-state index in [1.54, 1.807) is 59.7 Å². The van der Waals surface area contributed by atoms with Crippen molar-refractivity contribution in [1.29, 1.82) is 0 Å². The van der Waals surface area contributed by atoms with Gasteiger partial charge >= 0.3 is 12.2 Å². The van der Waals surface area contributed by atoms with Crippen molar-refractivity contribution in [1.82, 2.24) is 10.6 Å². The zero-order chi connectivity index (χ0) is 22.2. The summed E-state index contributed by atoms with van der Waals surface area (Å²) in [4.78, 5) is 28.6. The molecule has 0 aromatic heterocycles. The van der Waals surface area contributed by atoms with Crippen LogP contribution >= 0.6 is 0 Å². The number of amides is 2. The van der Waals surface area contributed by atoms with Crippen molar-refractivity contribution in [2.24, 2.45) is 4.99 Å². The van der Waals surface area contributed by atoms with E-state index in [-0.39, 0.29) is 12.5 Å². The third-order valence-electron chi connectivity index (χ3n) is 3.16. The average molecular weight is 409 g/mol. The Labute approximate surface area is 171 Å². The summed E-state index contributed by atoms with van der Waals surface area (Å²) in [5.74, 6) is 0.991. The molecule has 1 aromatic carbocycles. The Balaban J connectivity index is 3.10. The SMILES string of the molecule is COc1cccc(OC)c1CN=C(NC(=O)OC(C)(C)C)NC(=O)OC(C)(C)C. The predicted molar refractivity (Wildman–Crippen MR) is 109 cm³/mol. The van der Waals surface area contributed by atoms with Gasteiger partial charge in [-0.1, -0.05) is 6.07 Å². The number of carbonyl (C=O) groups excluding carboxylic acids is 2. The highest BCUT2D eigenvalue weighted by Crippen LogP contribution is 2.28. The van der Waals surface area contributed by atoms with Gasteiger partial charge in [-0.05, 0) is 53.7 Å². The normalized spacial score (nSPS) is 11.2. The lowest BCUT2D eigenvalue weighted by atomic mass is 10.2. The topological polar surface area (TPSA) is 107 Å². The van der Waals surface area contributed by atoms with Crippen LogP contribution in [-0.4, -0.2) is 43.6 Å². The largest absolute Gasteiger partial charge is 0.496 e. The highest BCUT2D eigenvalue weighted by Gasteiger charge is 2.21. The fraction of sp³-hybridized carbons (Fsp3) is 0.550. The lowest BCUT2D eigenvalue weighted by Gasteiger charge is -2.22. The van der Waals surface area contributed by atoms with Crippen molar-refractivity contribution in [3.05, 3.63) is 23.8 Å². The van der Waals surface area contributed by atoms with Crippen LogP contribution in [0.1, 0.15) is 47.1 Å². The van der Waals surface area contributed by atoms with Crippen LogP contribution in [0.15, 0.2) is 23.2 Å². The minimum atomic E-state index is -0.765. The third kappa shape index (κ3) is 9.18. The standard InChI is InChI=1S/C20H31N3O6/c1-19(2,3)28-17(24)22-16(23-18(25)29-20(4,5)6)21-12-13-14(26-7)10-9-11-15(13)27-8/h9-11H,12H2,1-8H3,(H2,21,22,23,24,25). The summed E-state index contributed by atoms with van der Waals surface area (Å²) in [5.41, 5.74) is -0.785. The number of guanidine groups is 1. The van der Waals surface area contributed by atoms with Gasteiger partial charge in [0.1, 0.15) is 22.7 Å². The number of benzene rings is 1. The van der Waals surface area contributed by atoms with Crippen LogP contribution in [-0.2, 0) is 16.0 Å². The molecular formula is C20H31N3O6. The number of methoxy groups -OCH3 is 2. The molecule has 0 spiro atoms. The van der Waals surface area contributed by atoms with Gasteiger partial charge in [0.05, 0.1) is 26.3 Å². The van der Waals surface area contributed by atoms with Gasteiger partial charge in [0.25, 0.3) is 0 Å². The van der Waals surface area contributed by atoms with Gasteiger partial charge in [0.15, 0.2) is 0 Å². The van der Waals surface area contributed by atoms with Crippen LogP contribution in [0.2, 0.25) is 0 Å². The molecule has 0 saturated heterocycles. The smallest absolute Gasteiger partial charge is 0.414 e. The molecule has 1 aromatic rings. The predicted octanol–water partition coefficient (Wildman–Crippen LogP) is 3.61. The minimum Gasteiger partial charge on any atom is -0.496 e. The molecule has 29 heavy (non-hydrogen) atoms. The zero-order valence-electron chi connectivity index (χ0n) is 18.3. The second-order valence-electron chi connectivity index (χ2n) is 8.06. The molecule has 0 aliphatic heterocycles. The summed E-state index contributed by atoms with van der Waals surface area (Å²) in [6.45, 7) is 10.4. The first-order valence-corrected chi connectivity index (χ1v) is 9.09. The first-order chi connectivity index (χ1) is 13.3. The number of nitrogens with one attached hydrogen (secondary N) is 2. The van der Waals surface area contributed by atoms with Gasteiger partial charge < -0.3 is 18.9 Å². The maximum atomic E-state index is 12.1. The molecule has 0 saturated carbocycles. The minimum absolute atomic E-state index is 0.0636. The monoisotopic (exact) mass is 409 g/mol. The second kappa shape index (κ2) is 9.99. The summed E-state index contributed by atoms with van der Waals surface area (Å²) in [5, 5.41) is 4.86. The highest BCUT2D eigenvalue weighted by atomic mass is 16.6. The van der Waals surface area contributed by atoms with Crippen LogP contribution in [0.4, 0.5) is 9.59 Å². The Kier molecular flexibility index (Phi) is 8.29.